The van der Waals surface area contributed by atoms with Crippen LogP contribution in [0.5, 0.6) is 0 Å². The van der Waals surface area contributed by atoms with Crippen molar-refractivity contribution >= 4 is 15.8 Å². The largest absolute Gasteiger partial charge is 0.481 e. The highest BCUT2D eigenvalue weighted by Gasteiger charge is 2.31. The highest BCUT2D eigenvalue weighted by atomic mass is 32.2. The zero-order valence-electron chi connectivity index (χ0n) is 10.6. The van der Waals surface area contributed by atoms with E-state index in [9.17, 15) is 18.3 Å². The number of carboxylic acid groups (broad SMARTS) is 1. The van der Waals surface area contributed by atoms with E-state index in [2.05, 4.69) is 0 Å². The molecular weight excluding hydrogens is 240 g/mol. The van der Waals surface area contributed by atoms with Gasteiger partial charge in [-0.25, -0.2) is 8.42 Å². The van der Waals surface area contributed by atoms with E-state index < -0.39 is 27.0 Å². The van der Waals surface area contributed by atoms with Gasteiger partial charge in [0.25, 0.3) is 0 Å². The standard InChI is InChI=1S/C12H22O4S/c1-9(2)17(15,16)8-7-11(12(13)14)10-5-3-4-6-10/h9-11H,3-8H2,1-2H3,(H,13,14). The molecule has 0 aromatic rings. The van der Waals surface area contributed by atoms with Crippen molar-refractivity contribution in [3.8, 4) is 0 Å². The molecule has 0 amide bonds. The SMILES string of the molecule is CC(C)S(=O)(=O)CCC(C(=O)O)C1CCCC1. The Hall–Kier alpha value is -0.580. The number of sulfone groups is 1. The summed E-state index contributed by atoms with van der Waals surface area (Å²) < 4.78 is 23.4. The van der Waals surface area contributed by atoms with Gasteiger partial charge in [-0.05, 0) is 39.0 Å². The highest BCUT2D eigenvalue weighted by molar-refractivity contribution is 7.91. The van der Waals surface area contributed by atoms with Gasteiger partial charge in [0.05, 0.1) is 16.9 Å². The molecule has 17 heavy (non-hydrogen) atoms. The number of carboxylic acids is 1. The van der Waals surface area contributed by atoms with E-state index in [1.807, 2.05) is 0 Å². The molecule has 0 aliphatic heterocycles. The van der Waals surface area contributed by atoms with Crippen LogP contribution in [0, 0.1) is 11.8 Å². The maximum absolute atomic E-state index is 11.7. The molecule has 1 fully saturated rings. The van der Waals surface area contributed by atoms with Gasteiger partial charge in [0.1, 0.15) is 0 Å². The first kappa shape index (κ1) is 14.5. The zero-order chi connectivity index (χ0) is 13.1. The van der Waals surface area contributed by atoms with Crippen LogP contribution in [0.1, 0.15) is 46.0 Å². The molecule has 1 rings (SSSR count). The lowest BCUT2D eigenvalue weighted by Crippen LogP contribution is -2.27. The quantitative estimate of drug-likeness (QED) is 0.795. The minimum Gasteiger partial charge on any atom is -0.481 e. The first-order valence-electron chi connectivity index (χ1n) is 6.29. The lowest BCUT2D eigenvalue weighted by Gasteiger charge is -2.19. The summed E-state index contributed by atoms with van der Waals surface area (Å²) in [4.78, 5) is 11.2. The van der Waals surface area contributed by atoms with Gasteiger partial charge < -0.3 is 5.11 Å². The summed E-state index contributed by atoms with van der Waals surface area (Å²) in [7, 11) is -3.12. The van der Waals surface area contributed by atoms with Gasteiger partial charge in [-0.2, -0.15) is 0 Å². The smallest absolute Gasteiger partial charge is 0.306 e. The van der Waals surface area contributed by atoms with E-state index in [0.29, 0.717) is 0 Å². The number of hydrogen-bond acceptors (Lipinski definition) is 3. The summed E-state index contributed by atoms with van der Waals surface area (Å²) in [5.41, 5.74) is 0. The maximum atomic E-state index is 11.7. The molecule has 1 N–H and O–H groups in total. The van der Waals surface area contributed by atoms with Crippen LogP contribution in [0.15, 0.2) is 0 Å². The second kappa shape index (κ2) is 5.85. The summed E-state index contributed by atoms with van der Waals surface area (Å²) in [6.07, 6.45) is 4.27. The molecule has 1 atom stereocenters. The molecule has 0 bridgehead atoms. The van der Waals surface area contributed by atoms with Crippen molar-refractivity contribution < 1.29 is 18.3 Å². The minimum absolute atomic E-state index is 0.00185. The molecule has 1 aliphatic rings. The Morgan fingerprint density at radius 1 is 1.29 bits per heavy atom. The number of aliphatic carboxylic acids is 1. The number of carbonyl (C=O) groups is 1. The molecule has 4 nitrogen and oxygen atoms in total. The van der Waals surface area contributed by atoms with Gasteiger partial charge in [-0.15, -0.1) is 0 Å². The molecule has 1 unspecified atom stereocenters. The Morgan fingerprint density at radius 2 is 1.82 bits per heavy atom. The zero-order valence-corrected chi connectivity index (χ0v) is 11.4. The molecule has 1 aliphatic carbocycles. The fourth-order valence-corrected chi connectivity index (χ4v) is 3.50. The monoisotopic (exact) mass is 262 g/mol. The van der Waals surface area contributed by atoms with E-state index in [1.54, 1.807) is 13.8 Å². The minimum atomic E-state index is -3.12. The summed E-state index contributed by atoms with van der Waals surface area (Å²) in [6, 6.07) is 0. The van der Waals surface area contributed by atoms with Gasteiger partial charge in [-0.3, -0.25) is 4.79 Å². The Morgan fingerprint density at radius 3 is 2.24 bits per heavy atom. The Balaban J connectivity index is 2.59. The van der Waals surface area contributed by atoms with Gasteiger partial charge >= 0.3 is 5.97 Å². The summed E-state index contributed by atoms with van der Waals surface area (Å²) in [6.45, 7) is 3.28. The Labute approximate surface area is 103 Å². The molecule has 0 saturated heterocycles. The van der Waals surface area contributed by atoms with E-state index in [0.717, 1.165) is 25.7 Å². The molecule has 0 aromatic carbocycles. The first-order chi connectivity index (χ1) is 7.84. The molecular formula is C12H22O4S. The maximum Gasteiger partial charge on any atom is 0.306 e. The molecule has 1 saturated carbocycles. The van der Waals surface area contributed by atoms with Crippen LogP contribution >= 0.6 is 0 Å². The van der Waals surface area contributed by atoms with Crippen molar-refractivity contribution in [3.63, 3.8) is 0 Å². The van der Waals surface area contributed by atoms with Crippen LogP contribution in [0.2, 0.25) is 0 Å². The molecule has 0 radical (unpaired) electrons. The predicted molar refractivity (Wildman–Crippen MR) is 66.6 cm³/mol. The van der Waals surface area contributed by atoms with Crippen molar-refractivity contribution in [2.24, 2.45) is 11.8 Å². The second-order valence-corrected chi connectivity index (χ2v) is 7.87. The van der Waals surface area contributed by atoms with Crippen molar-refractivity contribution in [2.75, 3.05) is 5.75 Å². The number of hydrogen-bond donors (Lipinski definition) is 1. The molecule has 100 valence electrons. The van der Waals surface area contributed by atoms with E-state index in [1.165, 1.54) is 0 Å². The van der Waals surface area contributed by atoms with Gasteiger partial charge in [-0.1, -0.05) is 12.8 Å². The first-order valence-corrected chi connectivity index (χ1v) is 8.00. The van der Waals surface area contributed by atoms with Crippen molar-refractivity contribution in [2.45, 2.75) is 51.2 Å². The van der Waals surface area contributed by atoms with E-state index in [-0.39, 0.29) is 18.1 Å². The summed E-state index contributed by atoms with van der Waals surface area (Å²) in [5.74, 6) is -1.14. The van der Waals surface area contributed by atoms with Crippen LogP contribution in [-0.2, 0) is 14.6 Å². The van der Waals surface area contributed by atoms with Gasteiger partial charge in [0, 0.05) is 0 Å². The normalized spacial score (nSPS) is 19.7. The second-order valence-electron chi connectivity index (χ2n) is 5.19. The molecule has 5 heteroatoms. The Bertz CT molecular complexity index is 353. The highest BCUT2D eigenvalue weighted by Crippen LogP contribution is 2.33. The third kappa shape index (κ3) is 3.98. The third-order valence-electron chi connectivity index (χ3n) is 3.72. The van der Waals surface area contributed by atoms with Crippen molar-refractivity contribution in [1.82, 2.24) is 0 Å². The van der Waals surface area contributed by atoms with Crippen LogP contribution in [0.25, 0.3) is 0 Å². The lowest BCUT2D eigenvalue weighted by molar-refractivity contribution is -0.143. The van der Waals surface area contributed by atoms with Gasteiger partial charge in [0.2, 0.25) is 0 Å². The molecule has 0 aromatic heterocycles. The lowest BCUT2D eigenvalue weighted by atomic mass is 9.89. The third-order valence-corrected chi connectivity index (χ3v) is 5.96. The summed E-state index contributed by atoms with van der Waals surface area (Å²) >= 11 is 0. The average molecular weight is 262 g/mol. The van der Waals surface area contributed by atoms with Crippen LogP contribution in [0.4, 0.5) is 0 Å². The van der Waals surface area contributed by atoms with Crippen LogP contribution in [0.3, 0.4) is 0 Å². The number of rotatable bonds is 6. The fourth-order valence-electron chi connectivity index (χ4n) is 2.45. The topological polar surface area (TPSA) is 71.4 Å². The molecule has 0 heterocycles. The van der Waals surface area contributed by atoms with E-state index >= 15 is 0 Å². The average Bonchev–Trinajstić information content (AvgIpc) is 2.70. The Kier molecular flexibility index (Phi) is 4.98. The van der Waals surface area contributed by atoms with Crippen molar-refractivity contribution in [1.29, 1.82) is 0 Å². The van der Waals surface area contributed by atoms with Crippen molar-refractivity contribution in [3.05, 3.63) is 0 Å². The van der Waals surface area contributed by atoms with Gasteiger partial charge in [0.15, 0.2) is 9.84 Å². The van der Waals surface area contributed by atoms with Crippen LogP contribution in [-0.4, -0.2) is 30.5 Å². The molecule has 0 spiro atoms. The van der Waals surface area contributed by atoms with Crippen LogP contribution < -0.4 is 0 Å². The van der Waals surface area contributed by atoms with E-state index in [4.69, 9.17) is 0 Å². The summed E-state index contributed by atoms with van der Waals surface area (Å²) in [5, 5.41) is 8.76. The predicted octanol–water partition coefficient (Wildman–Crippen LogP) is 2.09. The fraction of sp³-hybridized carbons (Fsp3) is 0.917.